The molecule has 1 aromatic carbocycles. The molecule has 0 atom stereocenters. The minimum atomic E-state index is -0.919. The van der Waals surface area contributed by atoms with E-state index < -0.39 is 17.5 Å². The van der Waals surface area contributed by atoms with E-state index >= 15 is 0 Å². The quantitative estimate of drug-likeness (QED) is 0.835. The predicted octanol–water partition coefficient (Wildman–Crippen LogP) is 4.24. The van der Waals surface area contributed by atoms with Gasteiger partial charge in [0.25, 0.3) is 0 Å². The van der Waals surface area contributed by atoms with E-state index in [1.165, 1.54) is 0 Å². The van der Waals surface area contributed by atoms with E-state index in [0.717, 1.165) is 5.57 Å². The van der Waals surface area contributed by atoms with Crippen LogP contribution in [0.4, 0.5) is 13.2 Å². The van der Waals surface area contributed by atoms with Crippen LogP contribution in [0.1, 0.15) is 40.2 Å². The number of halogens is 3. The van der Waals surface area contributed by atoms with E-state index in [1.807, 2.05) is 20.8 Å². The van der Waals surface area contributed by atoms with Crippen molar-refractivity contribution in [1.29, 1.82) is 0 Å². The number of allylic oxidation sites excluding steroid dienone is 1. The summed E-state index contributed by atoms with van der Waals surface area (Å²) in [4.78, 5) is 0. The summed E-state index contributed by atoms with van der Waals surface area (Å²) in [7, 11) is 0. The fraction of sp³-hybridized carbons (Fsp3) is 0.429. The average Bonchev–Trinajstić information content (AvgIpc) is 2.12. The summed E-state index contributed by atoms with van der Waals surface area (Å²) in [5.41, 5.74) is 0.526. The van der Waals surface area contributed by atoms with Crippen molar-refractivity contribution in [2.24, 2.45) is 0 Å². The lowest BCUT2D eigenvalue weighted by Crippen LogP contribution is -2.35. The van der Waals surface area contributed by atoms with Crippen LogP contribution in [-0.4, -0.2) is 5.54 Å². The largest absolute Gasteiger partial charge is 0.380 e. The highest BCUT2D eigenvalue weighted by atomic mass is 19.1. The maximum absolute atomic E-state index is 13.7. The van der Waals surface area contributed by atoms with Gasteiger partial charge >= 0.3 is 0 Å². The number of benzene rings is 1. The summed E-state index contributed by atoms with van der Waals surface area (Å²) >= 11 is 0. The Hall–Kier alpha value is -1.45. The normalized spacial score (nSPS) is 11.3. The molecule has 0 fully saturated rings. The van der Waals surface area contributed by atoms with Gasteiger partial charge in [0.05, 0.1) is 5.56 Å². The minimum Gasteiger partial charge on any atom is -0.380 e. The Labute approximate surface area is 106 Å². The van der Waals surface area contributed by atoms with Gasteiger partial charge in [0.2, 0.25) is 0 Å². The third kappa shape index (κ3) is 3.52. The van der Waals surface area contributed by atoms with E-state index in [-0.39, 0.29) is 11.1 Å². The van der Waals surface area contributed by atoms with Crippen molar-refractivity contribution in [2.75, 3.05) is 0 Å². The monoisotopic (exact) mass is 257 g/mol. The molecular weight excluding hydrogens is 239 g/mol. The van der Waals surface area contributed by atoms with Gasteiger partial charge in [0.1, 0.15) is 17.5 Å². The molecule has 0 aromatic heterocycles. The first-order valence-electron chi connectivity index (χ1n) is 5.72. The average molecular weight is 257 g/mol. The zero-order valence-corrected chi connectivity index (χ0v) is 11.3. The van der Waals surface area contributed by atoms with E-state index in [9.17, 15) is 13.2 Å². The van der Waals surface area contributed by atoms with Crippen LogP contribution < -0.4 is 5.32 Å². The Bertz CT molecular complexity index is 457. The first kappa shape index (κ1) is 14.6. The molecule has 0 heterocycles. The van der Waals surface area contributed by atoms with E-state index in [2.05, 4.69) is 5.32 Å². The Balaban J connectivity index is 3.38. The number of rotatable bonds is 2. The molecule has 1 nitrogen and oxygen atoms in total. The van der Waals surface area contributed by atoms with Crippen molar-refractivity contribution >= 4 is 5.70 Å². The van der Waals surface area contributed by atoms with Crippen molar-refractivity contribution in [3.8, 4) is 0 Å². The van der Waals surface area contributed by atoms with Crippen LogP contribution in [-0.2, 0) is 0 Å². The molecule has 0 aliphatic rings. The first-order chi connectivity index (χ1) is 8.11. The van der Waals surface area contributed by atoms with Gasteiger partial charge in [0.15, 0.2) is 0 Å². The van der Waals surface area contributed by atoms with Gasteiger partial charge in [0, 0.05) is 23.4 Å². The molecule has 0 unspecified atom stereocenters. The second-order valence-corrected chi connectivity index (χ2v) is 5.49. The van der Waals surface area contributed by atoms with Crippen LogP contribution in [0.3, 0.4) is 0 Å². The molecule has 0 spiro atoms. The van der Waals surface area contributed by atoms with Gasteiger partial charge in [-0.15, -0.1) is 0 Å². The van der Waals surface area contributed by atoms with Crippen LogP contribution in [0, 0.1) is 17.5 Å². The van der Waals surface area contributed by atoms with Gasteiger partial charge < -0.3 is 5.32 Å². The number of hydrogen-bond acceptors (Lipinski definition) is 1. The first-order valence-corrected chi connectivity index (χ1v) is 5.72. The molecule has 0 aliphatic heterocycles. The molecular formula is C14H18F3N. The number of nitrogens with one attached hydrogen (secondary N) is 1. The lowest BCUT2D eigenvalue weighted by Gasteiger charge is -2.26. The van der Waals surface area contributed by atoms with Crippen LogP contribution in [0.2, 0.25) is 0 Å². The highest BCUT2D eigenvalue weighted by Gasteiger charge is 2.20. The molecule has 4 heteroatoms. The van der Waals surface area contributed by atoms with Crippen molar-refractivity contribution in [1.82, 2.24) is 5.32 Å². The number of hydrogen-bond donors (Lipinski definition) is 1. The Morgan fingerprint density at radius 2 is 1.44 bits per heavy atom. The van der Waals surface area contributed by atoms with Gasteiger partial charge in [-0.1, -0.05) is 5.57 Å². The summed E-state index contributed by atoms with van der Waals surface area (Å²) < 4.78 is 40.4. The fourth-order valence-corrected chi connectivity index (χ4v) is 1.59. The highest BCUT2D eigenvalue weighted by molar-refractivity contribution is 5.68. The van der Waals surface area contributed by atoms with Crippen LogP contribution in [0.25, 0.3) is 5.70 Å². The maximum Gasteiger partial charge on any atom is 0.138 e. The lowest BCUT2D eigenvalue weighted by molar-refractivity contribution is 0.490. The SMILES string of the molecule is CC(C)=C(NC(C)(C)C)c1c(F)cc(F)cc1F. The Morgan fingerprint density at radius 3 is 1.78 bits per heavy atom. The molecule has 0 amide bonds. The van der Waals surface area contributed by atoms with E-state index in [1.54, 1.807) is 13.8 Å². The molecule has 18 heavy (non-hydrogen) atoms. The lowest BCUT2D eigenvalue weighted by atomic mass is 10.0. The standard InChI is InChI=1S/C14H18F3N/c1-8(2)13(18-14(3,4)5)12-10(16)6-9(15)7-11(12)17/h6-7,18H,1-5H3. The zero-order valence-electron chi connectivity index (χ0n) is 11.3. The van der Waals surface area contributed by atoms with Gasteiger partial charge in [-0.25, -0.2) is 13.2 Å². The summed E-state index contributed by atoms with van der Waals surface area (Å²) in [6, 6.07) is 1.37. The van der Waals surface area contributed by atoms with Crippen molar-refractivity contribution < 1.29 is 13.2 Å². The van der Waals surface area contributed by atoms with Crippen LogP contribution in [0.5, 0.6) is 0 Å². The Kier molecular flexibility index (Phi) is 4.09. The second kappa shape index (κ2) is 5.04. The zero-order chi connectivity index (χ0) is 14.1. The third-order valence-corrected chi connectivity index (χ3v) is 2.26. The van der Waals surface area contributed by atoms with Gasteiger partial charge in [-0.05, 0) is 34.6 Å². The molecule has 0 saturated heterocycles. The van der Waals surface area contributed by atoms with Crippen molar-refractivity contribution in [2.45, 2.75) is 40.2 Å². The Morgan fingerprint density at radius 1 is 1.00 bits per heavy atom. The maximum atomic E-state index is 13.7. The predicted molar refractivity (Wildman–Crippen MR) is 67.5 cm³/mol. The minimum absolute atomic E-state index is 0.216. The molecule has 0 aliphatic carbocycles. The van der Waals surface area contributed by atoms with E-state index in [0.29, 0.717) is 17.8 Å². The highest BCUT2D eigenvalue weighted by Crippen LogP contribution is 2.25. The molecule has 1 N–H and O–H groups in total. The molecule has 1 rings (SSSR count). The second-order valence-electron chi connectivity index (χ2n) is 5.49. The smallest absolute Gasteiger partial charge is 0.138 e. The third-order valence-electron chi connectivity index (χ3n) is 2.26. The van der Waals surface area contributed by atoms with Crippen LogP contribution >= 0.6 is 0 Å². The summed E-state index contributed by atoms with van der Waals surface area (Å²) in [6.45, 7) is 9.15. The van der Waals surface area contributed by atoms with Gasteiger partial charge in [-0.2, -0.15) is 0 Å². The molecule has 0 bridgehead atoms. The van der Waals surface area contributed by atoms with Gasteiger partial charge in [-0.3, -0.25) is 0 Å². The topological polar surface area (TPSA) is 12.0 Å². The fourth-order valence-electron chi connectivity index (χ4n) is 1.59. The molecule has 1 aromatic rings. The summed E-state index contributed by atoms with van der Waals surface area (Å²) in [5, 5.41) is 3.05. The van der Waals surface area contributed by atoms with Crippen molar-refractivity contribution in [3.63, 3.8) is 0 Å². The molecule has 100 valence electrons. The van der Waals surface area contributed by atoms with Crippen LogP contribution in [0.15, 0.2) is 17.7 Å². The van der Waals surface area contributed by atoms with Crippen molar-refractivity contribution in [3.05, 3.63) is 40.7 Å². The summed E-state index contributed by atoms with van der Waals surface area (Å²) in [6.07, 6.45) is 0. The molecule has 0 radical (unpaired) electrons. The van der Waals surface area contributed by atoms with E-state index in [4.69, 9.17) is 0 Å². The molecule has 0 saturated carbocycles. The summed E-state index contributed by atoms with van der Waals surface area (Å²) in [5.74, 6) is -2.72.